The molecular weight excluding hydrogens is 621 g/mol. The van der Waals surface area contributed by atoms with Crippen molar-refractivity contribution in [2.24, 2.45) is 0 Å². The number of benzene rings is 4. The Morgan fingerprint density at radius 2 is 1.57 bits per heavy atom. The van der Waals surface area contributed by atoms with E-state index in [0.29, 0.717) is 27.9 Å². The second-order valence-corrected chi connectivity index (χ2v) is 12.6. The first-order chi connectivity index (χ1) is 21.1. The zero-order chi connectivity index (χ0) is 31.7. The highest BCUT2D eigenvalue weighted by atomic mass is 35.5. The van der Waals surface area contributed by atoms with Gasteiger partial charge in [0.05, 0.1) is 17.7 Å². The molecule has 0 fully saturated rings. The number of hydrogen-bond acceptors (Lipinski definition) is 5. The van der Waals surface area contributed by atoms with Gasteiger partial charge in [0.1, 0.15) is 18.3 Å². The highest BCUT2D eigenvalue weighted by Crippen LogP contribution is 2.29. The van der Waals surface area contributed by atoms with E-state index in [0.717, 1.165) is 9.87 Å². The average Bonchev–Trinajstić information content (AvgIpc) is 3.03. The summed E-state index contributed by atoms with van der Waals surface area (Å²) in [6, 6.07) is 27.5. The van der Waals surface area contributed by atoms with E-state index in [1.54, 1.807) is 67.6 Å². The van der Waals surface area contributed by atoms with Crippen LogP contribution >= 0.6 is 23.2 Å². The summed E-state index contributed by atoms with van der Waals surface area (Å²) >= 11 is 12.7. The van der Waals surface area contributed by atoms with Gasteiger partial charge in [0.2, 0.25) is 11.8 Å². The maximum absolute atomic E-state index is 14.4. The lowest BCUT2D eigenvalue weighted by atomic mass is 10.0. The maximum atomic E-state index is 14.4. The van der Waals surface area contributed by atoms with Crippen molar-refractivity contribution in [1.29, 1.82) is 0 Å². The number of carbonyl (C=O) groups excluding carboxylic acids is 2. The molecule has 0 aliphatic heterocycles. The second-order valence-electron chi connectivity index (χ2n) is 9.88. The zero-order valence-electron chi connectivity index (χ0n) is 24.3. The molecular formula is C33H33Cl2N3O5S. The number of methoxy groups -OCH3 is 1. The number of sulfonamides is 1. The minimum absolute atomic E-state index is 0.00692. The molecule has 4 aromatic rings. The third-order valence-corrected chi connectivity index (χ3v) is 9.30. The summed E-state index contributed by atoms with van der Waals surface area (Å²) in [5, 5.41) is 3.56. The molecule has 0 saturated carbocycles. The van der Waals surface area contributed by atoms with Crippen LogP contribution in [0.4, 0.5) is 5.69 Å². The lowest BCUT2D eigenvalue weighted by Crippen LogP contribution is -2.53. The molecule has 0 saturated heterocycles. The fourth-order valence-electron chi connectivity index (χ4n) is 4.69. The van der Waals surface area contributed by atoms with Crippen molar-refractivity contribution in [1.82, 2.24) is 10.2 Å². The van der Waals surface area contributed by atoms with E-state index >= 15 is 0 Å². The Morgan fingerprint density at radius 3 is 2.20 bits per heavy atom. The minimum Gasteiger partial charge on any atom is -0.497 e. The molecule has 44 heavy (non-hydrogen) atoms. The van der Waals surface area contributed by atoms with E-state index in [1.165, 1.54) is 24.1 Å². The molecule has 0 aliphatic carbocycles. The van der Waals surface area contributed by atoms with Crippen LogP contribution in [0.1, 0.15) is 18.1 Å². The van der Waals surface area contributed by atoms with Crippen molar-refractivity contribution in [2.45, 2.75) is 30.8 Å². The molecule has 0 bridgehead atoms. The van der Waals surface area contributed by atoms with Crippen molar-refractivity contribution >= 4 is 50.7 Å². The van der Waals surface area contributed by atoms with Crippen LogP contribution in [-0.4, -0.2) is 51.4 Å². The van der Waals surface area contributed by atoms with E-state index in [4.69, 9.17) is 27.9 Å². The SMILES string of the molecule is CCNC(=O)C(Cc1ccccc1)N(Cc1ccc(Cl)cc1Cl)C(=O)CN(c1cccc(OC)c1)S(=O)(=O)c1ccccc1. The average molecular weight is 655 g/mol. The largest absolute Gasteiger partial charge is 0.497 e. The van der Waals surface area contributed by atoms with Crippen molar-refractivity contribution in [2.75, 3.05) is 24.5 Å². The predicted octanol–water partition coefficient (Wildman–Crippen LogP) is 5.97. The van der Waals surface area contributed by atoms with Gasteiger partial charge in [-0.05, 0) is 54.4 Å². The van der Waals surface area contributed by atoms with Gasteiger partial charge in [0.25, 0.3) is 10.0 Å². The van der Waals surface area contributed by atoms with Crippen LogP contribution in [0.15, 0.2) is 108 Å². The molecule has 230 valence electrons. The van der Waals surface area contributed by atoms with Crippen molar-refractivity contribution in [3.05, 3.63) is 124 Å². The second kappa shape index (κ2) is 15.1. The Kier molecular flexibility index (Phi) is 11.3. The van der Waals surface area contributed by atoms with Crippen molar-refractivity contribution in [3.63, 3.8) is 0 Å². The van der Waals surface area contributed by atoms with Gasteiger partial charge in [0.15, 0.2) is 0 Å². The van der Waals surface area contributed by atoms with Crippen LogP contribution in [0.3, 0.4) is 0 Å². The summed E-state index contributed by atoms with van der Waals surface area (Å²) in [7, 11) is -2.75. The molecule has 1 atom stereocenters. The molecule has 2 amide bonds. The zero-order valence-corrected chi connectivity index (χ0v) is 26.6. The topological polar surface area (TPSA) is 96.0 Å². The number of rotatable bonds is 13. The van der Waals surface area contributed by atoms with Gasteiger partial charge >= 0.3 is 0 Å². The Bertz CT molecular complexity index is 1690. The van der Waals surface area contributed by atoms with Crippen LogP contribution in [0.25, 0.3) is 0 Å². The van der Waals surface area contributed by atoms with Gasteiger partial charge in [-0.1, -0.05) is 83.9 Å². The van der Waals surface area contributed by atoms with Crippen molar-refractivity contribution < 1.29 is 22.7 Å². The Morgan fingerprint density at radius 1 is 0.886 bits per heavy atom. The summed E-state index contributed by atoms with van der Waals surface area (Å²) in [6.45, 7) is 1.46. The molecule has 1 unspecified atom stereocenters. The molecule has 0 radical (unpaired) electrons. The van der Waals surface area contributed by atoms with Gasteiger partial charge in [-0.25, -0.2) is 8.42 Å². The van der Waals surface area contributed by atoms with E-state index in [-0.39, 0.29) is 29.5 Å². The fourth-order valence-corrected chi connectivity index (χ4v) is 6.59. The number of carbonyl (C=O) groups is 2. The standard InChI is InChI=1S/C33H33Cl2N3O5S/c1-3-36-33(40)31(19-24-11-6-4-7-12-24)37(22-25-17-18-26(34)20-30(25)35)32(39)23-38(27-13-10-14-28(21-27)43-2)44(41,42)29-15-8-5-9-16-29/h4-18,20-21,31H,3,19,22-23H2,1-2H3,(H,36,40). The summed E-state index contributed by atoms with van der Waals surface area (Å²) in [4.78, 5) is 29.4. The van der Waals surface area contributed by atoms with E-state index in [2.05, 4.69) is 5.32 Å². The number of nitrogens with one attached hydrogen (secondary N) is 1. The Balaban J connectivity index is 1.82. The number of ether oxygens (including phenoxy) is 1. The number of anilines is 1. The lowest BCUT2D eigenvalue weighted by molar-refractivity contribution is -0.140. The normalized spacial score (nSPS) is 11.8. The number of nitrogens with zero attached hydrogens (tertiary/aromatic N) is 2. The van der Waals surface area contributed by atoms with E-state index in [9.17, 15) is 18.0 Å². The van der Waals surface area contributed by atoms with Crippen LogP contribution < -0.4 is 14.4 Å². The molecule has 1 N–H and O–H groups in total. The first-order valence-corrected chi connectivity index (χ1v) is 16.1. The number of amides is 2. The lowest BCUT2D eigenvalue weighted by Gasteiger charge is -2.34. The third-order valence-electron chi connectivity index (χ3n) is 6.93. The van der Waals surface area contributed by atoms with Crippen LogP contribution in [0.5, 0.6) is 5.75 Å². The predicted molar refractivity (Wildman–Crippen MR) is 174 cm³/mol. The Hall–Kier alpha value is -4.05. The van der Waals surface area contributed by atoms with Gasteiger partial charge in [-0.3, -0.25) is 13.9 Å². The van der Waals surface area contributed by atoms with Gasteiger partial charge in [0, 0.05) is 35.6 Å². The molecule has 11 heteroatoms. The molecule has 0 aromatic heterocycles. The smallest absolute Gasteiger partial charge is 0.264 e. The first-order valence-electron chi connectivity index (χ1n) is 13.9. The molecule has 0 aliphatic rings. The quantitative estimate of drug-likeness (QED) is 0.192. The first kappa shape index (κ1) is 32.9. The molecule has 4 rings (SSSR count). The minimum atomic E-state index is -4.22. The summed E-state index contributed by atoms with van der Waals surface area (Å²) in [5.41, 5.74) is 1.60. The van der Waals surface area contributed by atoms with Crippen LogP contribution in [0, 0.1) is 0 Å². The van der Waals surface area contributed by atoms with Gasteiger partial charge in [-0.2, -0.15) is 0 Å². The maximum Gasteiger partial charge on any atom is 0.264 e. The molecule has 0 spiro atoms. The number of halogens is 2. The van der Waals surface area contributed by atoms with Gasteiger partial charge < -0.3 is 15.0 Å². The monoisotopic (exact) mass is 653 g/mol. The van der Waals surface area contributed by atoms with E-state index in [1.807, 2.05) is 30.3 Å². The molecule has 4 aromatic carbocycles. The molecule has 8 nitrogen and oxygen atoms in total. The fraction of sp³-hybridized carbons (Fsp3) is 0.212. The van der Waals surface area contributed by atoms with Gasteiger partial charge in [-0.15, -0.1) is 0 Å². The highest BCUT2D eigenvalue weighted by Gasteiger charge is 2.35. The third kappa shape index (κ3) is 8.11. The summed E-state index contributed by atoms with van der Waals surface area (Å²) < 4.78 is 34.4. The highest BCUT2D eigenvalue weighted by molar-refractivity contribution is 7.92. The van der Waals surface area contributed by atoms with Crippen LogP contribution in [0.2, 0.25) is 10.0 Å². The Labute approximate surface area is 268 Å². The summed E-state index contributed by atoms with van der Waals surface area (Å²) in [6.07, 6.45) is 0.189. The summed E-state index contributed by atoms with van der Waals surface area (Å²) in [5.74, 6) is -0.573. The molecule has 0 heterocycles. The number of likely N-dealkylation sites (N-methyl/N-ethyl adjacent to an activating group) is 1. The van der Waals surface area contributed by atoms with Crippen LogP contribution in [-0.2, 0) is 32.6 Å². The number of hydrogen-bond donors (Lipinski definition) is 1. The van der Waals surface area contributed by atoms with E-state index < -0.39 is 28.5 Å². The van der Waals surface area contributed by atoms with Crippen molar-refractivity contribution in [3.8, 4) is 5.75 Å².